The first-order valence-electron chi connectivity index (χ1n) is 5.76. The van der Waals surface area contributed by atoms with E-state index in [2.05, 4.69) is 15.0 Å². The van der Waals surface area contributed by atoms with Crippen molar-refractivity contribution < 1.29 is 4.74 Å². The maximum atomic E-state index is 5.36. The Kier molecular flexibility index (Phi) is 2.97. The Morgan fingerprint density at radius 2 is 2.16 bits per heavy atom. The number of nitrogens with zero attached hydrogens (tertiary/aromatic N) is 2. The molecule has 0 aliphatic rings. The average molecular weight is 269 g/mol. The molecule has 0 saturated carbocycles. The Bertz CT molecular complexity index is 793. The summed E-state index contributed by atoms with van der Waals surface area (Å²) in [5.41, 5.74) is 1.82. The summed E-state index contributed by atoms with van der Waals surface area (Å²) in [7, 11) is 1.59. The molecule has 0 fully saturated rings. The topological polar surface area (TPSA) is 50.8 Å². The normalized spacial score (nSPS) is 10.6. The fourth-order valence-electron chi connectivity index (χ4n) is 2.11. The van der Waals surface area contributed by atoms with E-state index in [1.165, 1.54) is 0 Å². The van der Waals surface area contributed by atoms with Crippen LogP contribution < -0.4 is 4.74 Å². The summed E-state index contributed by atoms with van der Waals surface area (Å²) in [6.45, 7) is 0. The third-order valence-electron chi connectivity index (χ3n) is 2.97. The molecular formula is C14H11N3OS. The summed E-state index contributed by atoms with van der Waals surface area (Å²) >= 11 is 5.19. The summed E-state index contributed by atoms with van der Waals surface area (Å²) in [5, 5.41) is 2.16. The predicted molar refractivity (Wildman–Crippen MR) is 76.7 cm³/mol. The molecule has 0 atom stereocenters. The lowest BCUT2D eigenvalue weighted by Crippen LogP contribution is -1.95. The Morgan fingerprint density at radius 3 is 3.00 bits per heavy atom. The molecule has 94 valence electrons. The Morgan fingerprint density at radius 1 is 1.26 bits per heavy atom. The number of fused-ring (bicyclic) bond motifs is 1. The monoisotopic (exact) mass is 269 g/mol. The van der Waals surface area contributed by atoms with E-state index >= 15 is 0 Å². The van der Waals surface area contributed by atoms with E-state index in [1.807, 2.05) is 30.5 Å². The first-order valence-corrected chi connectivity index (χ1v) is 6.17. The van der Waals surface area contributed by atoms with Gasteiger partial charge in [-0.2, -0.15) is 0 Å². The van der Waals surface area contributed by atoms with Crippen LogP contribution >= 0.6 is 12.2 Å². The SMILES string of the molecule is COc1c(-c2cccc3ccncc23)[nH]cnc1=S. The van der Waals surface area contributed by atoms with Crippen LogP contribution in [-0.2, 0) is 0 Å². The summed E-state index contributed by atoms with van der Waals surface area (Å²) in [4.78, 5) is 11.3. The van der Waals surface area contributed by atoms with E-state index in [4.69, 9.17) is 17.0 Å². The van der Waals surface area contributed by atoms with Gasteiger partial charge in [0.1, 0.15) is 0 Å². The lowest BCUT2D eigenvalue weighted by Gasteiger charge is -2.10. The minimum atomic E-state index is 0.442. The molecule has 0 saturated heterocycles. The van der Waals surface area contributed by atoms with Crippen LogP contribution in [0.4, 0.5) is 0 Å². The van der Waals surface area contributed by atoms with Crippen LogP contribution in [0, 0.1) is 4.64 Å². The second-order valence-corrected chi connectivity index (χ2v) is 4.41. The number of hydrogen-bond donors (Lipinski definition) is 1. The van der Waals surface area contributed by atoms with E-state index in [9.17, 15) is 0 Å². The van der Waals surface area contributed by atoms with Crippen molar-refractivity contribution in [1.29, 1.82) is 0 Å². The molecule has 2 aromatic heterocycles. The first-order chi connectivity index (χ1) is 9.31. The fourth-order valence-corrected chi connectivity index (χ4v) is 2.35. The molecule has 1 N–H and O–H groups in total. The van der Waals surface area contributed by atoms with Crippen molar-refractivity contribution in [2.45, 2.75) is 0 Å². The molecule has 19 heavy (non-hydrogen) atoms. The van der Waals surface area contributed by atoms with Crippen molar-refractivity contribution in [1.82, 2.24) is 15.0 Å². The number of aromatic nitrogens is 3. The minimum absolute atomic E-state index is 0.442. The van der Waals surface area contributed by atoms with Gasteiger partial charge in [-0.1, -0.05) is 30.4 Å². The molecule has 0 unspecified atom stereocenters. The standard InChI is InChI=1S/C14H11N3OS/c1-18-13-12(16-8-17-14(13)19)10-4-2-3-9-5-6-15-7-11(9)10/h2-8H,1H3,(H,16,17,19). The van der Waals surface area contributed by atoms with Gasteiger partial charge in [0.05, 0.1) is 19.1 Å². The number of nitrogens with one attached hydrogen (secondary N) is 1. The second kappa shape index (κ2) is 4.78. The molecule has 0 amide bonds. The highest BCUT2D eigenvalue weighted by Gasteiger charge is 2.11. The maximum Gasteiger partial charge on any atom is 0.179 e. The van der Waals surface area contributed by atoms with Crippen LogP contribution in [0.5, 0.6) is 5.75 Å². The number of benzene rings is 1. The molecule has 2 heterocycles. The number of pyridine rings is 1. The first kappa shape index (κ1) is 11.8. The molecule has 0 radical (unpaired) electrons. The molecule has 3 aromatic rings. The highest BCUT2D eigenvalue weighted by atomic mass is 32.1. The maximum absolute atomic E-state index is 5.36. The van der Waals surface area contributed by atoms with Crippen molar-refractivity contribution in [3.05, 3.63) is 47.6 Å². The molecule has 0 aliphatic heterocycles. The van der Waals surface area contributed by atoms with Crippen molar-refractivity contribution in [2.24, 2.45) is 0 Å². The van der Waals surface area contributed by atoms with E-state index < -0.39 is 0 Å². The van der Waals surface area contributed by atoms with Crippen LogP contribution in [0.2, 0.25) is 0 Å². The molecule has 3 rings (SSSR count). The third-order valence-corrected chi connectivity index (χ3v) is 3.26. The van der Waals surface area contributed by atoms with Crippen LogP contribution in [0.3, 0.4) is 0 Å². The quantitative estimate of drug-likeness (QED) is 0.725. The van der Waals surface area contributed by atoms with Crippen LogP contribution in [0.1, 0.15) is 0 Å². The smallest absolute Gasteiger partial charge is 0.179 e. The lowest BCUT2D eigenvalue weighted by molar-refractivity contribution is 0.411. The number of methoxy groups -OCH3 is 1. The average Bonchev–Trinajstić information content (AvgIpc) is 2.46. The molecule has 1 aromatic carbocycles. The zero-order valence-corrected chi connectivity index (χ0v) is 11.1. The number of aromatic amines is 1. The van der Waals surface area contributed by atoms with E-state index in [-0.39, 0.29) is 0 Å². The van der Waals surface area contributed by atoms with Crippen molar-refractivity contribution in [3.8, 4) is 17.0 Å². The van der Waals surface area contributed by atoms with Gasteiger partial charge in [0.25, 0.3) is 0 Å². The molecule has 5 heteroatoms. The van der Waals surface area contributed by atoms with Crippen molar-refractivity contribution in [2.75, 3.05) is 7.11 Å². The van der Waals surface area contributed by atoms with Gasteiger partial charge < -0.3 is 9.72 Å². The largest absolute Gasteiger partial charge is 0.491 e. The lowest BCUT2D eigenvalue weighted by atomic mass is 10.0. The molecule has 4 nitrogen and oxygen atoms in total. The Hall–Kier alpha value is -2.27. The second-order valence-electron chi connectivity index (χ2n) is 4.02. The van der Waals surface area contributed by atoms with Gasteiger partial charge in [-0.25, -0.2) is 4.98 Å². The minimum Gasteiger partial charge on any atom is -0.491 e. The van der Waals surface area contributed by atoms with Gasteiger partial charge in [-0.15, -0.1) is 0 Å². The molecule has 0 aliphatic carbocycles. The highest BCUT2D eigenvalue weighted by Crippen LogP contribution is 2.32. The van der Waals surface area contributed by atoms with Gasteiger partial charge in [0, 0.05) is 23.3 Å². The predicted octanol–water partition coefficient (Wildman–Crippen LogP) is 3.36. The van der Waals surface area contributed by atoms with Crippen molar-refractivity contribution in [3.63, 3.8) is 0 Å². The summed E-state index contributed by atoms with van der Waals surface area (Å²) < 4.78 is 5.80. The zero-order chi connectivity index (χ0) is 13.2. The van der Waals surface area contributed by atoms with E-state index in [1.54, 1.807) is 19.6 Å². The highest BCUT2D eigenvalue weighted by molar-refractivity contribution is 7.71. The fraction of sp³-hybridized carbons (Fsp3) is 0.0714. The van der Waals surface area contributed by atoms with Gasteiger partial charge in [0.15, 0.2) is 10.4 Å². The summed E-state index contributed by atoms with van der Waals surface area (Å²) in [6.07, 6.45) is 5.19. The summed E-state index contributed by atoms with van der Waals surface area (Å²) in [6, 6.07) is 8.02. The van der Waals surface area contributed by atoms with E-state index in [0.717, 1.165) is 22.0 Å². The molecule has 0 spiro atoms. The van der Waals surface area contributed by atoms with Crippen LogP contribution in [-0.4, -0.2) is 22.1 Å². The van der Waals surface area contributed by atoms with Gasteiger partial charge in [-0.3, -0.25) is 4.98 Å². The number of hydrogen-bond acceptors (Lipinski definition) is 4. The van der Waals surface area contributed by atoms with Crippen LogP contribution in [0.25, 0.3) is 22.0 Å². The third kappa shape index (κ3) is 1.98. The number of ether oxygens (including phenoxy) is 1. The number of rotatable bonds is 2. The van der Waals surface area contributed by atoms with Crippen molar-refractivity contribution >= 4 is 23.0 Å². The van der Waals surface area contributed by atoms with Gasteiger partial charge in [0.2, 0.25) is 0 Å². The van der Waals surface area contributed by atoms with Gasteiger partial charge >= 0.3 is 0 Å². The van der Waals surface area contributed by atoms with Crippen LogP contribution in [0.15, 0.2) is 43.0 Å². The zero-order valence-electron chi connectivity index (χ0n) is 10.3. The van der Waals surface area contributed by atoms with E-state index in [0.29, 0.717) is 10.4 Å². The molecule has 0 bridgehead atoms. The summed E-state index contributed by atoms with van der Waals surface area (Å²) in [5.74, 6) is 0.578. The Balaban J connectivity index is 2.37. The Labute approximate surface area is 115 Å². The molecular weight excluding hydrogens is 258 g/mol. The van der Waals surface area contributed by atoms with Gasteiger partial charge in [-0.05, 0) is 11.5 Å². The number of H-pyrrole nitrogens is 1.